The molecular weight excluding hydrogens is 172 g/mol. The highest BCUT2D eigenvalue weighted by Gasteiger charge is 2.19. The number of hydrogen-bond donors (Lipinski definition) is 2. The van der Waals surface area contributed by atoms with E-state index in [4.69, 9.17) is 5.73 Å². The lowest BCUT2D eigenvalue weighted by atomic mass is 10.1. The van der Waals surface area contributed by atoms with Crippen LogP contribution in [0, 0.1) is 5.92 Å². The molecule has 0 bridgehead atoms. The molecule has 0 aromatic heterocycles. The van der Waals surface area contributed by atoms with Gasteiger partial charge in [-0.1, -0.05) is 12.1 Å². The van der Waals surface area contributed by atoms with Crippen molar-refractivity contribution in [2.45, 2.75) is 19.3 Å². The highest BCUT2D eigenvalue weighted by molar-refractivity contribution is 5.39. The van der Waals surface area contributed by atoms with Gasteiger partial charge in [0.1, 0.15) is 0 Å². The number of nitrogens with two attached hydrogens (primary N) is 1. The van der Waals surface area contributed by atoms with Gasteiger partial charge in [-0.25, -0.2) is 0 Å². The van der Waals surface area contributed by atoms with Crippen LogP contribution in [0.4, 0.5) is 5.69 Å². The average Bonchev–Trinajstić information content (AvgIpc) is 2.99. The Kier molecular flexibility index (Phi) is 3.04. The summed E-state index contributed by atoms with van der Waals surface area (Å²) in [5, 5.41) is 3.48. The maximum Gasteiger partial charge on any atom is 0.0314 e. The van der Waals surface area contributed by atoms with E-state index in [2.05, 4.69) is 17.4 Å². The largest absolute Gasteiger partial charge is 0.399 e. The van der Waals surface area contributed by atoms with Gasteiger partial charge in [-0.05, 0) is 56.0 Å². The molecule has 14 heavy (non-hydrogen) atoms. The van der Waals surface area contributed by atoms with E-state index >= 15 is 0 Å². The van der Waals surface area contributed by atoms with E-state index in [9.17, 15) is 0 Å². The summed E-state index contributed by atoms with van der Waals surface area (Å²) in [6.07, 6.45) is 3.96. The van der Waals surface area contributed by atoms with E-state index in [0.717, 1.165) is 24.6 Å². The second-order valence-corrected chi connectivity index (χ2v) is 4.14. The van der Waals surface area contributed by atoms with Gasteiger partial charge >= 0.3 is 0 Å². The Morgan fingerprint density at radius 1 is 1.21 bits per heavy atom. The summed E-state index contributed by atoms with van der Waals surface area (Å²) in [4.78, 5) is 0. The summed E-state index contributed by atoms with van der Waals surface area (Å²) in [5.41, 5.74) is 7.82. The van der Waals surface area contributed by atoms with Crippen molar-refractivity contribution >= 4 is 5.69 Å². The quantitative estimate of drug-likeness (QED) is 0.549. The molecule has 1 fully saturated rings. The first-order valence-corrected chi connectivity index (χ1v) is 5.40. The van der Waals surface area contributed by atoms with E-state index in [-0.39, 0.29) is 0 Å². The third-order valence-electron chi connectivity index (χ3n) is 2.70. The number of benzene rings is 1. The molecule has 1 aliphatic carbocycles. The Morgan fingerprint density at radius 2 is 1.93 bits per heavy atom. The van der Waals surface area contributed by atoms with E-state index in [0.29, 0.717) is 0 Å². The van der Waals surface area contributed by atoms with E-state index < -0.39 is 0 Å². The minimum Gasteiger partial charge on any atom is -0.399 e. The van der Waals surface area contributed by atoms with Gasteiger partial charge in [-0.15, -0.1) is 0 Å². The van der Waals surface area contributed by atoms with Crippen LogP contribution in [0.15, 0.2) is 24.3 Å². The van der Waals surface area contributed by atoms with E-state index in [1.165, 1.54) is 24.9 Å². The average molecular weight is 190 g/mol. The molecule has 1 aromatic carbocycles. The van der Waals surface area contributed by atoms with Gasteiger partial charge in [0.15, 0.2) is 0 Å². The highest BCUT2D eigenvalue weighted by atomic mass is 14.9. The lowest BCUT2D eigenvalue weighted by molar-refractivity contribution is 0.637. The van der Waals surface area contributed by atoms with Gasteiger partial charge in [0.05, 0.1) is 0 Å². The topological polar surface area (TPSA) is 38.0 Å². The summed E-state index contributed by atoms with van der Waals surface area (Å²) in [6, 6.07) is 8.15. The van der Waals surface area contributed by atoms with Crippen molar-refractivity contribution in [1.82, 2.24) is 5.32 Å². The predicted molar refractivity (Wildman–Crippen MR) is 60.2 cm³/mol. The minimum atomic E-state index is 0.847. The lowest BCUT2D eigenvalue weighted by Gasteiger charge is -2.03. The molecule has 0 unspecified atom stereocenters. The third kappa shape index (κ3) is 3.04. The van der Waals surface area contributed by atoms with Gasteiger partial charge in [-0.3, -0.25) is 0 Å². The van der Waals surface area contributed by atoms with Crippen LogP contribution in [-0.2, 0) is 6.42 Å². The maximum atomic E-state index is 5.61. The molecule has 1 aromatic rings. The number of rotatable bonds is 5. The van der Waals surface area contributed by atoms with Gasteiger partial charge in [0.25, 0.3) is 0 Å². The molecule has 1 aliphatic rings. The fraction of sp³-hybridized carbons (Fsp3) is 0.500. The Morgan fingerprint density at radius 3 is 2.57 bits per heavy atom. The monoisotopic (exact) mass is 190 g/mol. The molecule has 2 nitrogen and oxygen atoms in total. The third-order valence-corrected chi connectivity index (χ3v) is 2.70. The summed E-state index contributed by atoms with van der Waals surface area (Å²) >= 11 is 0. The van der Waals surface area contributed by atoms with Crippen LogP contribution < -0.4 is 11.1 Å². The summed E-state index contributed by atoms with van der Waals surface area (Å²) in [5.74, 6) is 0.974. The normalized spacial score (nSPS) is 15.7. The molecule has 0 spiro atoms. The van der Waals surface area contributed by atoms with E-state index in [1.807, 2.05) is 12.1 Å². The number of nitrogen functional groups attached to an aromatic ring is 1. The molecular formula is C12H18N2. The first-order chi connectivity index (χ1) is 6.84. The van der Waals surface area contributed by atoms with Crippen LogP contribution in [0.1, 0.15) is 18.4 Å². The zero-order valence-corrected chi connectivity index (χ0v) is 8.50. The molecule has 0 aliphatic heterocycles. The zero-order chi connectivity index (χ0) is 9.80. The van der Waals surface area contributed by atoms with Crippen molar-refractivity contribution in [2.75, 3.05) is 18.8 Å². The lowest BCUT2D eigenvalue weighted by Crippen LogP contribution is -2.19. The maximum absolute atomic E-state index is 5.61. The number of nitrogens with one attached hydrogen (secondary N) is 1. The zero-order valence-electron chi connectivity index (χ0n) is 8.50. The highest BCUT2D eigenvalue weighted by Crippen LogP contribution is 2.27. The SMILES string of the molecule is Nc1ccc(CCNCC2CC2)cc1. The molecule has 76 valence electrons. The van der Waals surface area contributed by atoms with Crippen molar-refractivity contribution in [1.29, 1.82) is 0 Å². The van der Waals surface area contributed by atoms with Gasteiger partial charge in [-0.2, -0.15) is 0 Å². The Balaban J connectivity index is 1.66. The molecule has 3 N–H and O–H groups in total. The molecule has 1 saturated carbocycles. The second kappa shape index (κ2) is 4.47. The fourth-order valence-corrected chi connectivity index (χ4v) is 1.55. The van der Waals surface area contributed by atoms with Crippen LogP contribution in [-0.4, -0.2) is 13.1 Å². The van der Waals surface area contributed by atoms with Gasteiger partial charge in [0, 0.05) is 5.69 Å². The Bertz CT molecular complexity index is 275. The first-order valence-electron chi connectivity index (χ1n) is 5.40. The van der Waals surface area contributed by atoms with Crippen LogP contribution in [0.25, 0.3) is 0 Å². The van der Waals surface area contributed by atoms with Crippen LogP contribution in [0.3, 0.4) is 0 Å². The smallest absolute Gasteiger partial charge is 0.0314 e. The molecule has 0 radical (unpaired) electrons. The Labute approximate surface area is 85.5 Å². The second-order valence-electron chi connectivity index (χ2n) is 4.14. The summed E-state index contributed by atoms with van der Waals surface area (Å²) < 4.78 is 0. The molecule has 2 rings (SSSR count). The van der Waals surface area contributed by atoms with Crippen LogP contribution >= 0.6 is 0 Å². The molecule has 0 heterocycles. The van der Waals surface area contributed by atoms with Crippen molar-refractivity contribution in [3.63, 3.8) is 0 Å². The number of anilines is 1. The van der Waals surface area contributed by atoms with Crippen LogP contribution in [0.2, 0.25) is 0 Å². The van der Waals surface area contributed by atoms with Crippen molar-refractivity contribution < 1.29 is 0 Å². The standard InChI is InChI=1S/C12H18N2/c13-12-5-3-10(4-6-12)7-8-14-9-11-1-2-11/h3-6,11,14H,1-2,7-9,13H2. The summed E-state index contributed by atoms with van der Waals surface area (Å²) in [7, 11) is 0. The Hall–Kier alpha value is -1.02. The predicted octanol–water partition coefficient (Wildman–Crippen LogP) is 1.81. The fourth-order valence-electron chi connectivity index (χ4n) is 1.55. The van der Waals surface area contributed by atoms with Crippen molar-refractivity contribution in [3.05, 3.63) is 29.8 Å². The summed E-state index contributed by atoms with van der Waals surface area (Å²) in [6.45, 7) is 2.29. The first kappa shape index (κ1) is 9.53. The molecule has 0 saturated heterocycles. The van der Waals surface area contributed by atoms with Crippen LogP contribution in [0.5, 0.6) is 0 Å². The number of hydrogen-bond acceptors (Lipinski definition) is 2. The van der Waals surface area contributed by atoms with E-state index in [1.54, 1.807) is 0 Å². The van der Waals surface area contributed by atoms with Crippen molar-refractivity contribution in [3.8, 4) is 0 Å². The van der Waals surface area contributed by atoms with Gasteiger partial charge in [0.2, 0.25) is 0 Å². The minimum absolute atomic E-state index is 0.847. The molecule has 0 atom stereocenters. The molecule has 2 heteroatoms. The van der Waals surface area contributed by atoms with Crippen molar-refractivity contribution in [2.24, 2.45) is 5.92 Å². The van der Waals surface area contributed by atoms with Gasteiger partial charge < -0.3 is 11.1 Å². The molecule has 0 amide bonds.